The number of aromatic nitrogens is 2. The molecular weight excluding hydrogens is 264 g/mol. The monoisotopic (exact) mass is 284 g/mol. The molecular formula is C12H20N4O2S. The second kappa shape index (κ2) is 5.13. The molecule has 3 rings (SSSR count). The van der Waals surface area contributed by atoms with Crippen LogP contribution >= 0.6 is 0 Å². The second-order valence-corrected chi connectivity index (χ2v) is 7.80. The molecule has 0 aliphatic carbocycles. The van der Waals surface area contributed by atoms with Crippen LogP contribution in [0.5, 0.6) is 0 Å². The largest absolute Gasteiger partial charge is 0.370 e. The molecule has 1 aromatic heterocycles. The summed E-state index contributed by atoms with van der Waals surface area (Å²) in [5, 5.41) is 11.0. The quantitative estimate of drug-likeness (QED) is 0.811. The number of hydrogen-bond donors (Lipinski definition) is 2. The molecule has 2 aliphatic heterocycles. The number of sulfone groups is 1. The molecule has 19 heavy (non-hydrogen) atoms. The molecule has 0 saturated carbocycles. The second-order valence-electron chi connectivity index (χ2n) is 5.57. The van der Waals surface area contributed by atoms with E-state index in [4.69, 9.17) is 0 Å². The Kier molecular flexibility index (Phi) is 3.49. The van der Waals surface area contributed by atoms with E-state index in [0.717, 1.165) is 38.4 Å². The molecule has 2 N–H and O–H groups in total. The Bertz CT molecular complexity index is 540. The molecule has 0 unspecified atom stereocenters. The average molecular weight is 284 g/mol. The zero-order valence-corrected chi connectivity index (χ0v) is 11.7. The first-order valence-electron chi connectivity index (χ1n) is 6.79. The SMILES string of the molecule is O=S1(=O)CC[C@H](CNC[C@H]2CNc3ccnn3C2)C1. The van der Waals surface area contributed by atoms with Gasteiger partial charge in [-0.1, -0.05) is 0 Å². The van der Waals surface area contributed by atoms with Crippen LogP contribution in [0.15, 0.2) is 12.3 Å². The third-order valence-electron chi connectivity index (χ3n) is 3.91. The van der Waals surface area contributed by atoms with Crippen molar-refractivity contribution < 1.29 is 8.42 Å². The zero-order valence-electron chi connectivity index (χ0n) is 10.9. The Morgan fingerprint density at radius 2 is 2.26 bits per heavy atom. The number of rotatable bonds is 4. The van der Waals surface area contributed by atoms with Crippen molar-refractivity contribution in [3.63, 3.8) is 0 Å². The van der Waals surface area contributed by atoms with Crippen molar-refractivity contribution in [2.45, 2.75) is 13.0 Å². The molecule has 0 radical (unpaired) electrons. The van der Waals surface area contributed by atoms with Gasteiger partial charge in [-0.15, -0.1) is 0 Å². The lowest BCUT2D eigenvalue weighted by molar-refractivity contribution is 0.379. The molecule has 0 aromatic carbocycles. The Morgan fingerprint density at radius 1 is 1.42 bits per heavy atom. The summed E-state index contributed by atoms with van der Waals surface area (Å²) in [6.45, 7) is 3.58. The number of hydrogen-bond acceptors (Lipinski definition) is 5. The molecule has 1 saturated heterocycles. The molecule has 2 aliphatic rings. The van der Waals surface area contributed by atoms with Crippen LogP contribution in [0.3, 0.4) is 0 Å². The topological polar surface area (TPSA) is 76.0 Å². The summed E-state index contributed by atoms with van der Waals surface area (Å²) in [5.41, 5.74) is 0. The third kappa shape index (κ3) is 3.09. The van der Waals surface area contributed by atoms with Gasteiger partial charge in [-0.05, 0) is 18.9 Å². The van der Waals surface area contributed by atoms with Crippen molar-refractivity contribution >= 4 is 15.7 Å². The van der Waals surface area contributed by atoms with E-state index in [-0.39, 0.29) is 0 Å². The third-order valence-corrected chi connectivity index (χ3v) is 5.75. The fraction of sp³-hybridized carbons (Fsp3) is 0.750. The van der Waals surface area contributed by atoms with Crippen LogP contribution in [-0.2, 0) is 16.4 Å². The van der Waals surface area contributed by atoms with Gasteiger partial charge in [0, 0.05) is 31.6 Å². The van der Waals surface area contributed by atoms with Gasteiger partial charge in [-0.25, -0.2) is 13.1 Å². The van der Waals surface area contributed by atoms with E-state index < -0.39 is 9.84 Å². The molecule has 1 fully saturated rings. The Morgan fingerprint density at radius 3 is 3.05 bits per heavy atom. The van der Waals surface area contributed by atoms with E-state index in [2.05, 4.69) is 15.7 Å². The summed E-state index contributed by atoms with van der Waals surface area (Å²) in [6.07, 6.45) is 2.61. The highest BCUT2D eigenvalue weighted by Crippen LogP contribution is 2.18. The van der Waals surface area contributed by atoms with Crippen LogP contribution in [0.4, 0.5) is 5.82 Å². The maximum atomic E-state index is 11.4. The molecule has 0 bridgehead atoms. The molecule has 0 amide bonds. The van der Waals surface area contributed by atoms with E-state index in [1.165, 1.54) is 0 Å². The summed E-state index contributed by atoms with van der Waals surface area (Å²) in [5.74, 6) is 2.60. The molecule has 6 nitrogen and oxygen atoms in total. The van der Waals surface area contributed by atoms with E-state index >= 15 is 0 Å². The number of nitrogens with one attached hydrogen (secondary N) is 2. The van der Waals surface area contributed by atoms with Gasteiger partial charge >= 0.3 is 0 Å². The first kappa shape index (κ1) is 12.9. The Balaban J connectivity index is 1.42. The predicted molar refractivity (Wildman–Crippen MR) is 73.8 cm³/mol. The van der Waals surface area contributed by atoms with Crippen LogP contribution in [-0.4, -0.2) is 49.3 Å². The summed E-state index contributed by atoms with van der Waals surface area (Å²) < 4.78 is 24.7. The molecule has 1 aromatic rings. The van der Waals surface area contributed by atoms with Gasteiger partial charge in [-0.2, -0.15) is 5.10 Å². The van der Waals surface area contributed by atoms with Gasteiger partial charge in [0.25, 0.3) is 0 Å². The van der Waals surface area contributed by atoms with Gasteiger partial charge in [0.05, 0.1) is 17.7 Å². The average Bonchev–Trinajstić information content (AvgIpc) is 2.95. The van der Waals surface area contributed by atoms with Crippen molar-refractivity contribution in [1.29, 1.82) is 0 Å². The van der Waals surface area contributed by atoms with Crippen molar-refractivity contribution in [1.82, 2.24) is 15.1 Å². The lowest BCUT2D eigenvalue weighted by Crippen LogP contribution is -2.37. The lowest BCUT2D eigenvalue weighted by atomic mass is 10.1. The van der Waals surface area contributed by atoms with Crippen LogP contribution in [0, 0.1) is 11.8 Å². The van der Waals surface area contributed by atoms with E-state index in [1.807, 2.05) is 16.9 Å². The van der Waals surface area contributed by atoms with Crippen molar-refractivity contribution in [3.05, 3.63) is 12.3 Å². The molecule has 106 valence electrons. The maximum absolute atomic E-state index is 11.4. The molecule has 3 heterocycles. The Hall–Kier alpha value is -1.08. The van der Waals surface area contributed by atoms with E-state index in [9.17, 15) is 8.42 Å². The summed E-state index contributed by atoms with van der Waals surface area (Å²) in [6, 6.07) is 1.98. The number of anilines is 1. The van der Waals surface area contributed by atoms with Crippen molar-refractivity contribution in [2.75, 3.05) is 36.5 Å². The van der Waals surface area contributed by atoms with Gasteiger partial charge in [0.15, 0.2) is 9.84 Å². The minimum absolute atomic E-state index is 0.293. The highest BCUT2D eigenvalue weighted by atomic mass is 32.2. The lowest BCUT2D eigenvalue weighted by Gasteiger charge is -2.25. The fourth-order valence-electron chi connectivity index (χ4n) is 2.85. The first-order chi connectivity index (χ1) is 9.12. The van der Waals surface area contributed by atoms with Gasteiger partial charge in [0.1, 0.15) is 5.82 Å². The number of fused-ring (bicyclic) bond motifs is 1. The summed E-state index contributed by atoms with van der Waals surface area (Å²) in [4.78, 5) is 0. The van der Waals surface area contributed by atoms with Crippen molar-refractivity contribution in [3.8, 4) is 0 Å². The fourth-order valence-corrected chi connectivity index (χ4v) is 4.71. The van der Waals surface area contributed by atoms with Crippen LogP contribution in [0.25, 0.3) is 0 Å². The predicted octanol–water partition coefficient (Wildman–Crippen LogP) is -0.0509. The van der Waals surface area contributed by atoms with Gasteiger partial charge in [0.2, 0.25) is 0 Å². The smallest absolute Gasteiger partial charge is 0.150 e. The minimum atomic E-state index is -2.75. The minimum Gasteiger partial charge on any atom is -0.370 e. The van der Waals surface area contributed by atoms with Crippen molar-refractivity contribution in [2.24, 2.45) is 11.8 Å². The van der Waals surface area contributed by atoms with Crippen LogP contribution < -0.4 is 10.6 Å². The van der Waals surface area contributed by atoms with Crippen LogP contribution in [0.2, 0.25) is 0 Å². The number of nitrogens with zero attached hydrogens (tertiary/aromatic N) is 2. The van der Waals surface area contributed by atoms with Crippen LogP contribution in [0.1, 0.15) is 6.42 Å². The molecule has 2 atom stereocenters. The maximum Gasteiger partial charge on any atom is 0.150 e. The highest BCUT2D eigenvalue weighted by molar-refractivity contribution is 7.91. The normalized spacial score (nSPS) is 28.8. The molecule has 0 spiro atoms. The summed E-state index contributed by atoms with van der Waals surface area (Å²) >= 11 is 0. The standard InChI is InChI=1S/C12H20N4O2S/c17-19(18)4-2-10(9-19)5-13-6-11-7-14-12-1-3-15-16(12)8-11/h1,3,10-11,13-14H,2,4-9H2/t10-,11+/m1/s1. The zero-order chi connectivity index (χ0) is 13.3. The highest BCUT2D eigenvalue weighted by Gasteiger charge is 2.27. The van der Waals surface area contributed by atoms with Gasteiger partial charge < -0.3 is 10.6 Å². The Labute approximate surface area is 113 Å². The summed E-state index contributed by atoms with van der Waals surface area (Å²) in [7, 11) is -2.75. The van der Waals surface area contributed by atoms with Gasteiger partial charge in [-0.3, -0.25) is 0 Å². The molecule has 7 heteroatoms. The van der Waals surface area contributed by atoms with E-state index in [0.29, 0.717) is 23.3 Å². The first-order valence-corrected chi connectivity index (χ1v) is 8.61. The van der Waals surface area contributed by atoms with E-state index in [1.54, 1.807) is 0 Å².